The van der Waals surface area contributed by atoms with Crippen LogP contribution in [0, 0.1) is 11.8 Å². The van der Waals surface area contributed by atoms with Crippen molar-refractivity contribution in [3.63, 3.8) is 0 Å². The second-order valence-electron chi connectivity index (χ2n) is 18.4. The molecule has 0 fully saturated rings. The van der Waals surface area contributed by atoms with Crippen molar-refractivity contribution in [2.75, 3.05) is 13.2 Å². The van der Waals surface area contributed by atoms with E-state index in [4.69, 9.17) is 14.2 Å². The molecule has 0 unspecified atom stereocenters. The maximum absolute atomic E-state index is 12.8. The first-order chi connectivity index (χ1) is 27.7. The molecule has 0 bridgehead atoms. The summed E-state index contributed by atoms with van der Waals surface area (Å²) < 4.78 is 16.8. The summed E-state index contributed by atoms with van der Waals surface area (Å²) in [6.07, 6.45) is 43.7. The van der Waals surface area contributed by atoms with Gasteiger partial charge in [-0.15, -0.1) is 0 Å². The van der Waals surface area contributed by atoms with Crippen molar-refractivity contribution in [2.45, 2.75) is 285 Å². The quantitative estimate of drug-likeness (QED) is 0.0346. The van der Waals surface area contributed by atoms with E-state index >= 15 is 0 Å². The van der Waals surface area contributed by atoms with Gasteiger partial charge >= 0.3 is 17.9 Å². The van der Waals surface area contributed by atoms with Crippen LogP contribution in [0.5, 0.6) is 0 Å². The van der Waals surface area contributed by atoms with E-state index in [1.165, 1.54) is 167 Å². The molecule has 0 saturated carbocycles. The van der Waals surface area contributed by atoms with Gasteiger partial charge in [-0.3, -0.25) is 14.4 Å². The Morgan fingerprint density at radius 3 is 0.860 bits per heavy atom. The van der Waals surface area contributed by atoms with Crippen molar-refractivity contribution >= 4 is 17.9 Å². The van der Waals surface area contributed by atoms with Crippen molar-refractivity contribution in [2.24, 2.45) is 11.8 Å². The Hall–Kier alpha value is -1.59. The zero-order chi connectivity index (χ0) is 41.9. The highest BCUT2D eigenvalue weighted by Gasteiger charge is 2.19. The Morgan fingerprint density at radius 2 is 0.579 bits per heavy atom. The summed E-state index contributed by atoms with van der Waals surface area (Å²) in [6.45, 7) is 11.3. The molecule has 1 atom stereocenters. The van der Waals surface area contributed by atoms with Crippen LogP contribution in [0.3, 0.4) is 0 Å². The molecule has 0 aliphatic rings. The van der Waals surface area contributed by atoms with E-state index in [-0.39, 0.29) is 31.1 Å². The van der Waals surface area contributed by atoms with E-state index in [0.717, 1.165) is 69.6 Å². The number of hydrogen-bond donors (Lipinski definition) is 0. The molecule has 6 nitrogen and oxygen atoms in total. The smallest absolute Gasteiger partial charge is 0.306 e. The molecule has 0 amide bonds. The van der Waals surface area contributed by atoms with Gasteiger partial charge in [0.15, 0.2) is 6.10 Å². The average Bonchev–Trinajstić information content (AvgIpc) is 3.18. The van der Waals surface area contributed by atoms with E-state index in [9.17, 15) is 14.4 Å². The van der Waals surface area contributed by atoms with Crippen molar-refractivity contribution in [3.05, 3.63) is 0 Å². The standard InChI is InChI=1S/C51H98O6/c1-6-7-8-9-10-11-12-13-14-17-20-26-31-36-41-49(52)55-44-48(45-56-50(53)42-37-32-27-23-22-25-30-35-40-47(4)5)57-51(54)43-38-33-28-21-18-15-16-19-24-29-34-39-46(2)3/h46-48H,6-45H2,1-5H3/t48-/m1/s1. The van der Waals surface area contributed by atoms with Gasteiger partial charge in [0.05, 0.1) is 0 Å². The number of carbonyl (C=O) groups is 3. The molecule has 0 rings (SSSR count). The Balaban J connectivity index is 4.32. The largest absolute Gasteiger partial charge is 0.462 e. The van der Waals surface area contributed by atoms with Gasteiger partial charge in [-0.05, 0) is 31.1 Å². The third-order valence-electron chi connectivity index (χ3n) is 11.5. The van der Waals surface area contributed by atoms with Gasteiger partial charge in [0, 0.05) is 19.3 Å². The first kappa shape index (κ1) is 55.4. The van der Waals surface area contributed by atoms with Gasteiger partial charge in [0.2, 0.25) is 0 Å². The first-order valence-corrected chi connectivity index (χ1v) is 25.2. The highest BCUT2D eigenvalue weighted by Crippen LogP contribution is 2.17. The fraction of sp³-hybridized carbons (Fsp3) is 0.941. The lowest BCUT2D eigenvalue weighted by atomic mass is 10.0. The van der Waals surface area contributed by atoms with Crippen LogP contribution in [-0.2, 0) is 28.6 Å². The Bertz CT molecular complexity index is 870. The van der Waals surface area contributed by atoms with Crippen LogP contribution in [-0.4, -0.2) is 37.2 Å². The average molecular weight is 807 g/mol. The molecule has 0 heterocycles. The predicted molar refractivity (Wildman–Crippen MR) is 243 cm³/mol. The normalized spacial score (nSPS) is 12.1. The summed E-state index contributed by atoms with van der Waals surface area (Å²) in [5, 5.41) is 0. The number of hydrogen-bond acceptors (Lipinski definition) is 6. The number of rotatable bonds is 45. The van der Waals surface area contributed by atoms with E-state index in [1.54, 1.807) is 0 Å². The van der Waals surface area contributed by atoms with Crippen LogP contribution in [0.2, 0.25) is 0 Å². The molecule has 6 heteroatoms. The van der Waals surface area contributed by atoms with Crippen molar-refractivity contribution in [1.82, 2.24) is 0 Å². The van der Waals surface area contributed by atoms with Crippen molar-refractivity contribution in [3.8, 4) is 0 Å². The molecule has 0 saturated heterocycles. The molecule has 338 valence electrons. The third kappa shape index (κ3) is 45.3. The van der Waals surface area contributed by atoms with Crippen LogP contribution in [0.1, 0.15) is 279 Å². The molecule has 0 spiro atoms. The maximum Gasteiger partial charge on any atom is 0.306 e. The molecular weight excluding hydrogens is 709 g/mol. The summed E-state index contributed by atoms with van der Waals surface area (Å²) >= 11 is 0. The second-order valence-corrected chi connectivity index (χ2v) is 18.4. The zero-order valence-electron chi connectivity index (χ0n) is 39.0. The predicted octanol–water partition coefficient (Wildman–Crippen LogP) is 16.1. The Labute approximate surface area is 355 Å². The highest BCUT2D eigenvalue weighted by atomic mass is 16.6. The van der Waals surface area contributed by atoms with Crippen LogP contribution in [0.4, 0.5) is 0 Å². The van der Waals surface area contributed by atoms with Gasteiger partial charge in [-0.1, -0.05) is 240 Å². The van der Waals surface area contributed by atoms with Crippen molar-refractivity contribution < 1.29 is 28.6 Å². The summed E-state index contributed by atoms with van der Waals surface area (Å²) in [5.41, 5.74) is 0. The number of esters is 3. The van der Waals surface area contributed by atoms with Gasteiger partial charge in [-0.25, -0.2) is 0 Å². The lowest BCUT2D eigenvalue weighted by Gasteiger charge is -2.18. The van der Waals surface area contributed by atoms with Gasteiger partial charge in [0.25, 0.3) is 0 Å². The molecule has 0 aliphatic heterocycles. The SMILES string of the molecule is CCCCCCCCCCCCCCCCC(=O)OC[C@H](COC(=O)CCCCCCCCCCC(C)C)OC(=O)CCCCCCCCCCCCCC(C)C. The topological polar surface area (TPSA) is 78.9 Å². The fourth-order valence-corrected chi connectivity index (χ4v) is 7.64. The molecule has 0 N–H and O–H groups in total. The molecule has 0 aliphatic carbocycles. The van der Waals surface area contributed by atoms with E-state index in [0.29, 0.717) is 19.3 Å². The Morgan fingerprint density at radius 1 is 0.333 bits per heavy atom. The maximum atomic E-state index is 12.8. The van der Waals surface area contributed by atoms with Gasteiger partial charge in [-0.2, -0.15) is 0 Å². The third-order valence-corrected chi connectivity index (χ3v) is 11.5. The number of unbranched alkanes of at least 4 members (excludes halogenated alkanes) is 30. The molecule has 0 aromatic heterocycles. The van der Waals surface area contributed by atoms with Crippen molar-refractivity contribution in [1.29, 1.82) is 0 Å². The monoisotopic (exact) mass is 807 g/mol. The molecule has 0 aromatic rings. The van der Waals surface area contributed by atoms with Crippen LogP contribution < -0.4 is 0 Å². The van der Waals surface area contributed by atoms with E-state index in [1.807, 2.05) is 0 Å². The van der Waals surface area contributed by atoms with Crippen LogP contribution in [0.15, 0.2) is 0 Å². The summed E-state index contributed by atoms with van der Waals surface area (Å²) in [4.78, 5) is 37.9. The fourth-order valence-electron chi connectivity index (χ4n) is 7.64. The first-order valence-electron chi connectivity index (χ1n) is 25.2. The number of ether oxygens (including phenoxy) is 3. The van der Waals surface area contributed by atoms with Gasteiger partial charge < -0.3 is 14.2 Å². The summed E-state index contributed by atoms with van der Waals surface area (Å²) in [6, 6.07) is 0. The second kappa shape index (κ2) is 44.0. The molecule has 0 aromatic carbocycles. The lowest BCUT2D eigenvalue weighted by Crippen LogP contribution is -2.30. The van der Waals surface area contributed by atoms with E-state index < -0.39 is 6.10 Å². The zero-order valence-corrected chi connectivity index (χ0v) is 39.0. The minimum atomic E-state index is -0.761. The minimum absolute atomic E-state index is 0.0641. The summed E-state index contributed by atoms with van der Waals surface area (Å²) in [7, 11) is 0. The molecule has 57 heavy (non-hydrogen) atoms. The number of carbonyl (C=O) groups excluding carboxylic acids is 3. The molecule has 0 radical (unpaired) electrons. The lowest BCUT2D eigenvalue weighted by molar-refractivity contribution is -0.167. The van der Waals surface area contributed by atoms with Crippen LogP contribution >= 0.6 is 0 Å². The highest BCUT2D eigenvalue weighted by molar-refractivity contribution is 5.71. The van der Waals surface area contributed by atoms with E-state index in [2.05, 4.69) is 34.6 Å². The summed E-state index contributed by atoms with van der Waals surface area (Å²) in [5.74, 6) is 0.770. The Kier molecular flexibility index (Phi) is 42.7. The minimum Gasteiger partial charge on any atom is -0.462 e. The van der Waals surface area contributed by atoms with Gasteiger partial charge in [0.1, 0.15) is 13.2 Å². The van der Waals surface area contributed by atoms with Crippen LogP contribution in [0.25, 0.3) is 0 Å². The molecular formula is C51H98O6.